The van der Waals surface area contributed by atoms with Gasteiger partial charge in [0, 0.05) is 40.2 Å². The third kappa shape index (κ3) is 3.19. The third-order valence-electron chi connectivity index (χ3n) is 2.78. The third-order valence-corrected chi connectivity index (χ3v) is 3.12. The predicted molar refractivity (Wildman–Crippen MR) is 75.5 cm³/mol. The van der Waals surface area contributed by atoms with E-state index in [0.29, 0.717) is 11.0 Å². The summed E-state index contributed by atoms with van der Waals surface area (Å²) in [6.45, 7) is 0. The van der Waals surface area contributed by atoms with Gasteiger partial charge in [0.2, 0.25) is 0 Å². The highest BCUT2D eigenvalue weighted by molar-refractivity contribution is 9.10. The maximum absolute atomic E-state index is 12.6. The van der Waals surface area contributed by atoms with Crippen molar-refractivity contribution in [3.8, 4) is 0 Å². The van der Waals surface area contributed by atoms with Crippen molar-refractivity contribution in [3.63, 3.8) is 0 Å². The Morgan fingerprint density at radius 3 is 2.04 bits per heavy atom. The van der Waals surface area contributed by atoms with E-state index >= 15 is 0 Å². The lowest BCUT2D eigenvalue weighted by Gasteiger charge is -1.89. The summed E-state index contributed by atoms with van der Waals surface area (Å²) in [6.07, 6.45) is 1.14. The topological polar surface area (TPSA) is 52.1 Å². The van der Waals surface area contributed by atoms with E-state index in [1.54, 1.807) is 0 Å². The molecule has 9 heteroatoms. The minimum atomic E-state index is -0.939. The Bertz CT molecular complexity index is 924. The number of aromatic nitrogens is 2. The average Bonchev–Trinajstić information content (AvgIpc) is 3.06. The van der Waals surface area contributed by atoms with Gasteiger partial charge in [0.25, 0.3) is 4.80 Å². The Morgan fingerprint density at radius 1 is 0.783 bits per heavy atom. The first-order valence-corrected chi connectivity index (χ1v) is 6.82. The Balaban J connectivity index is 0.000000136. The molecule has 0 atom stereocenters. The van der Waals surface area contributed by atoms with Crippen LogP contribution >= 0.6 is 15.9 Å². The maximum atomic E-state index is 12.6. The van der Waals surface area contributed by atoms with Crippen LogP contribution in [-0.4, -0.2) is 9.97 Å². The van der Waals surface area contributed by atoms with Gasteiger partial charge in [-0.3, -0.25) is 0 Å². The van der Waals surface area contributed by atoms with E-state index in [-0.39, 0.29) is 16.0 Å². The molecule has 2 heterocycles. The molecule has 4 rings (SSSR count). The second-order valence-electron chi connectivity index (χ2n) is 4.29. The molecule has 2 aromatic heterocycles. The minimum Gasteiger partial charge on any atom is -0.443 e. The van der Waals surface area contributed by atoms with Crippen molar-refractivity contribution in [1.82, 2.24) is 9.97 Å². The second-order valence-corrected chi connectivity index (χ2v) is 4.97. The van der Waals surface area contributed by atoms with E-state index in [4.69, 9.17) is 8.83 Å². The van der Waals surface area contributed by atoms with E-state index in [2.05, 4.69) is 25.9 Å². The molecular weight excluding hydrogens is 384 g/mol. The Morgan fingerprint density at radius 2 is 1.35 bits per heavy atom. The SMILES string of the molecule is Fc1cc2nc(Br)oc2cc1F.Fc1cc2ncoc2cc1F. The number of hydrogen-bond acceptors (Lipinski definition) is 4. The van der Waals surface area contributed by atoms with Crippen molar-refractivity contribution < 1.29 is 26.4 Å². The number of nitrogens with zero attached hydrogens (tertiary/aromatic N) is 2. The van der Waals surface area contributed by atoms with E-state index in [0.717, 1.165) is 30.7 Å². The van der Waals surface area contributed by atoms with Crippen LogP contribution in [0.2, 0.25) is 0 Å². The normalized spacial score (nSPS) is 10.8. The van der Waals surface area contributed by atoms with Gasteiger partial charge in [-0.25, -0.2) is 27.5 Å². The highest BCUT2D eigenvalue weighted by Crippen LogP contribution is 2.21. The fraction of sp³-hybridized carbons (Fsp3) is 0. The molecule has 0 saturated heterocycles. The Kier molecular flexibility index (Phi) is 4.03. The molecule has 0 fully saturated rings. The Hall–Kier alpha value is -2.42. The summed E-state index contributed by atoms with van der Waals surface area (Å²) in [7, 11) is 0. The van der Waals surface area contributed by atoms with Crippen LogP contribution in [0.25, 0.3) is 22.2 Å². The van der Waals surface area contributed by atoms with Gasteiger partial charge in [0.05, 0.1) is 0 Å². The molecule has 0 aliphatic carbocycles. The lowest BCUT2D eigenvalue weighted by Crippen LogP contribution is -1.81. The van der Waals surface area contributed by atoms with Crippen LogP contribution < -0.4 is 0 Å². The lowest BCUT2D eigenvalue weighted by molar-refractivity contribution is 0.506. The quantitative estimate of drug-likeness (QED) is 0.399. The van der Waals surface area contributed by atoms with Crippen LogP contribution in [0.4, 0.5) is 17.6 Å². The van der Waals surface area contributed by atoms with Gasteiger partial charge in [-0.2, -0.15) is 0 Å². The van der Waals surface area contributed by atoms with Crippen LogP contribution in [0, 0.1) is 23.3 Å². The van der Waals surface area contributed by atoms with Gasteiger partial charge in [0.15, 0.2) is 40.8 Å². The van der Waals surface area contributed by atoms with Gasteiger partial charge >= 0.3 is 0 Å². The number of fused-ring (bicyclic) bond motifs is 2. The molecule has 0 radical (unpaired) electrons. The fourth-order valence-corrected chi connectivity index (χ4v) is 2.11. The van der Waals surface area contributed by atoms with Crippen LogP contribution in [0.5, 0.6) is 0 Å². The number of rotatable bonds is 0. The molecule has 2 aromatic carbocycles. The molecule has 118 valence electrons. The van der Waals surface area contributed by atoms with Gasteiger partial charge < -0.3 is 8.83 Å². The summed E-state index contributed by atoms with van der Waals surface area (Å²) in [5.74, 6) is -3.70. The first-order valence-electron chi connectivity index (χ1n) is 6.03. The summed E-state index contributed by atoms with van der Waals surface area (Å²) in [5, 5.41) is 0. The minimum absolute atomic E-state index is 0.211. The van der Waals surface area contributed by atoms with Crippen LogP contribution in [0.1, 0.15) is 0 Å². The number of hydrogen-bond donors (Lipinski definition) is 0. The Labute approximate surface area is 133 Å². The number of halogens is 5. The summed E-state index contributed by atoms with van der Waals surface area (Å²) < 4.78 is 59.7. The van der Waals surface area contributed by atoms with Gasteiger partial charge in [-0.15, -0.1) is 0 Å². The van der Waals surface area contributed by atoms with Crippen LogP contribution in [0.3, 0.4) is 0 Å². The molecule has 0 spiro atoms. The van der Waals surface area contributed by atoms with Crippen LogP contribution in [-0.2, 0) is 0 Å². The van der Waals surface area contributed by atoms with Gasteiger partial charge in [-0.05, 0) is 0 Å². The van der Waals surface area contributed by atoms with Crippen molar-refractivity contribution >= 4 is 38.1 Å². The summed E-state index contributed by atoms with van der Waals surface area (Å²) in [4.78, 5) is 7.62. The molecule has 0 aliphatic rings. The second kappa shape index (κ2) is 5.99. The van der Waals surface area contributed by atoms with Crippen molar-refractivity contribution in [2.45, 2.75) is 0 Å². The van der Waals surface area contributed by atoms with Crippen molar-refractivity contribution in [2.75, 3.05) is 0 Å². The molecule has 0 aliphatic heterocycles. The van der Waals surface area contributed by atoms with Crippen LogP contribution in [0.15, 0.2) is 44.3 Å². The molecule has 0 N–H and O–H groups in total. The molecule has 0 amide bonds. The largest absolute Gasteiger partial charge is 0.443 e. The first kappa shape index (κ1) is 15.5. The number of oxazole rings is 2. The molecular formula is C14H5BrF4N2O2. The molecule has 0 saturated carbocycles. The monoisotopic (exact) mass is 388 g/mol. The predicted octanol–water partition coefficient (Wildman–Crippen LogP) is 4.97. The van der Waals surface area contributed by atoms with E-state index in [9.17, 15) is 17.6 Å². The average molecular weight is 389 g/mol. The summed E-state index contributed by atoms with van der Waals surface area (Å²) in [6, 6.07) is 3.91. The van der Waals surface area contributed by atoms with Crippen molar-refractivity contribution in [1.29, 1.82) is 0 Å². The highest BCUT2D eigenvalue weighted by atomic mass is 79.9. The van der Waals surface area contributed by atoms with Gasteiger partial charge in [0.1, 0.15) is 11.0 Å². The standard InChI is InChI=1S/C7H2BrF2NO.C7H3F2NO/c8-7-11-5-1-3(9)4(10)2-6(5)12-7;8-4-1-6-7(2-5(4)9)11-3-10-6/h1-2H;1-3H. The molecule has 4 aromatic rings. The molecule has 23 heavy (non-hydrogen) atoms. The van der Waals surface area contributed by atoms with Crippen molar-refractivity contribution in [2.24, 2.45) is 0 Å². The smallest absolute Gasteiger partial charge is 0.265 e. The fourth-order valence-electron chi connectivity index (χ4n) is 1.75. The highest BCUT2D eigenvalue weighted by Gasteiger charge is 2.08. The zero-order chi connectivity index (χ0) is 16.6. The summed E-state index contributed by atoms with van der Waals surface area (Å²) in [5.41, 5.74) is 1.09. The van der Waals surface area contributed by atoms with Crippen molar-refractivity contribution in [3.05, 3.63) is 58.7 Å². The van der Waals surface area contributed by atoms with E-state index < -0.39 is 23.3 Å². The molecule has 4 nitrogen and oxygen atoms in total. The zero-order valence-corrected chi connectivity index (χ0v) is 12.6. The first-order chi connectivity index (χ1) is 10.9. The summed E-state index contributed by atoms with van der Waals surface area (Å²) >= 11 is 2.95. The van der Waals surface area contributed by atoms with Gasteiger partial charge in [-0.1, -0.05) is 0 Å². The number of benzene rings is 2. The van der Waals surface area contributed by atoms with E-state index in [1.807, 2.05) is 0 Å². The lowest BCUT2D eigenvalue weighted by atomic mass is 10.3. The van der Waals surface area contributed by atoms with E-state index in [1.165, 1.54) is 0 Å². The molecule has 0 unspecified atom stereocenters. The zero-order valence-electron chi connectivity index (χ0n) is 11.0. The molecule has 0 bridgehead atoms. The maximum Gasteiger partial charge on any atom is 0.265 e.